The minimum atomic E-state index is -0.255. The maximum Gasteiger partial charge on any atom is 0.227 e. The molecule has 0 saturated carbocycles. The van der Waals surface area contributed by atoms with Crippen molar-refractivity contribution >= 4 is 29.1 Å². The standard InChI is InChI=1S/C14H17ClN2O2/c1-2-7-16-14(19)10-8-13(18)17(9-10)12-5-3-11(15)4-6-12/h3-6,10H,2,7-9H2,1H3,(H,16,19). The van der Waals surface area contributed by atoms with Gasteiger partial charge in [-0.1, -0.05) is 18.5 Å². The van der Waals surface area contributed by atoms with E-state index in [-0.39, 0.29) is 24.2 Å². The minimum Gasteiger partial charge on any atom is -0.356 e. The van der Waals surface area contributed by atoms with E-state index in [1.165, 1.54) is 0 Å². The number of halogens is 1. The third kappa shape index (κ3) is 3.26. The van der Waals surface area contributed by atoms with Crippen molar-refractivity contribution in [2.45, 2.75) is 19.8 Å². The molecule has 1 saturated heterocycles. The molecule has 0 spiro atoms. The first-order valence-electron chi connectivity index (χ1n) is 6.45. The summed E-state index contributed by atoms with van der Waals surface area (Å²) in [6, 6.07) is 7.09. The maximum absolute atomic E-state index is 12.0. The molecule has 2 amide bonds. The lowest BCUT2D eigenvalue weighted by Gasteiger charge is -2.16. The summed E-state index contributed by atoms with van der Waals surface area (Å²) >= 11 is 5.82. The molecular formula is C14H17ClN2O2. The summed E-state index contributed by atoms with van der Waals surface area (Å²) in [7, 11) is 0. The van der Waals surface area contributed by atoms with Crippen LogP contribution in [0.25, 0.3) is 0 Å². The highest BCUT2D eigenvalue weighted by Gasteiger charge is 2.34. The summed E-state index contributed by atoms with van der Waals surface area (Å²) in [6.07, 6.45) is 1.17. The largest absolute Gasteiger partial charge is 0.356 e. The van der Waals surface area contributed by atoms with Gasteiger partial charge in [-0.05, 0) is 30.7 Å². The summed E-state index contributed by atoms with van der Waals surface area (Å²) in [4.78, 5) is 25.5. The molecule has 0 bridgehead atoms. The molecule has 1 aromatic carbocycles. The topological polar surface area (TPSA) is 49.4 Å². The number of amides is 2. The summed E-state index contributed by atoms with van der Waals surface area (Å²) < 4.78 is 0. The molecule has 1 fully saturated rings. The second kappa shape index (κ2) is 6.06. The normalized spacial score (nSPS) is 18.7. The van der Waals surface area contributed by atoms with Crippen LogP contribution in [0.3, 0.4) is 0 Å². The summed E-state index contributed by atoms with van der Waals surface area (Å²) in [5.41, 5.74) is 0.792. The fraction of sp³-hybridized carbons (Fsp3) is 0.429. The molecule has 1 N–H and O–H groups in total. The number of carbonyl (C=O) groups is 2. The Balaban J connectivity index is 2.03. The third-order valence-electron chi connectivity index (χ3n) is 3.18. The van der Waals surface area contributed by atoms with Gasteiger partial charge in [-0.2, -0.15) is 0 Å². The molecule has 1 atom stereocenters. The van der Waals surface area contributed by atoms with Gasteiger partial charge in [0.25, 0.3) is 0 Å². The van der Waals surface area contributed by atoms with Crippen molar-refractivity contribution in [2.24, 2.45) is 5.92 Å². The van der Waals surface area contributed by atoms with Gasteiger partial charge >= 0.3 is 0 Å². The molecule has 4 nitrogen and oxygen atoms in total. The van der Waals surface area contributed by atoms with E-state index in [0.717, 1.165) is 12.1 Å². The predicted octanol–water partition coefficient (Wildman–Crippen LogP) is 2.22. The van der Waals surface area contributed by atoms with E-state index in [2.05, 4.69) is 5.32 Å². The zero-order valence-electron chi connectivity index (χ0n) is 10.9. The second-order valence-electron chi connectivity index (χ2n) is 4.67. The Morgan fingerprint density at radius 3 is 2.74 bits per heavy atom. The first-order chi connectivity index (χ1) is 9.11. The zero-order chi connectivity index (χ0) is 13.8. The Morgan fingerprint density at radius 1 is 1.42 bits per heavy atom. The quantitative estimate of drug-likeness (QED) is 0.919. The Hall–Kier alpha value is -1.55. The molecular weight excluding hydrogens is 264 g/mol. The number of anilines is 1. The van der Waals surface area contributed by atoms with Gasteiger partial charge in [-0.3, -0.25) is 9.59 Å². The fourth-order valence-corrected chi connectivity index (χ4v) is 2.27. The number of nitrogens with zero attached hydrogens (tertiary/aromatic N) is 1. The summed E-state index contributed by atoms with van der Waals surface area (Å²) in [6.45, 7) is 3.10. The van der Waals surface area contributed by atoms with Gasteiger partial charge in [0.15, 0.2) is 0 Å². The number of carbonyl (C=O) groups excluding carboxylic acids is 2. The van der Waals surface area contributed by atoms with Crippen molar-refractivity contribution < 1.29 is 9.59 Å². The first-order valence-corrected chi connectivity index (χ1v) is 6.83. The molecule has 0 aliphatic carbocycles. The molecule has 5 heteroatoms. The van der Waals surface area contributed by atoms with Crippen LogP contribution in [0, 0.1) is 5.92 Å². The monoisotopic (exact) mass is 280 g/mol. The maximum atomic E-state index is 12.0. The van der Waals surface area contributed by atoms with Gasteiger partial charge in [-0.25, -0.2) is 0 Å². The Kier molecular flexibility index (Phi) is 4.43. The Morgan fingerprint density at radius 2 is 2.11 bits per heavy atom. The van der Waals surface area contributed by atoms with Gasteiger partial charge in [0.1, 0.15) is 0 Å². The van der Waals surface area contributed by atoms with E-state index < -0.39 is 0 Å². The fourth-order valence-electron chi connectivity index (χ4n) is 2.15. The average Bonchev–Trinajstić information content (AvgIpc) is 2.79. The second-order valence-corrected chi connectivity index (χ2v) is 5.11. The molecule has 1 heterocycles. The highest BCUT2D eigenvalue weighted by atomic mass is 35.5. The number of benzene rings is 1. The minimum absolute atomic E-state index is 0.0148. The number of hydrogen-bond donors (Lipinski definition) is 1. The Labute approximate surface area is 117 Å². The van der Waals surface area contributed by atoms with Gasteiger partial charge in [0.2, 0.25) is 11.8 Å². The van der Waals surface area contributed by atoms with E-state index in [9.17, 15) is 9.59 Å². The van der Waals surface area contributed by atoms with Crippen molar-refractivity contribution in [3.63, 3.8) is 0 Å². The van der Waals surface area contributed by atoms with E-state index in [0.29, 0.717) is 18.1 Å². The molecule has 0 aromatic heterocycles. The van der Waals surface area contributed by atoms with E-state index in [1.807, 2.05) is 6.92 Å². The molecule has 19 heavy (non-hydrogen) atoms. The van der Waals surface area contributed by atoms with Crippen molar-refractivity contribution in [3.05, 3.63) is 29.3 Å². The average molecular weight is 281 g/mol. The van der Waals surface area contributed by atoms with Crippen molar-refractivity contribution in [1.82, 2.24) is 5.32 Å². The van der Waals surface area contributed by atoms with Gasteiger partial charge in [0, 0.05) is 30.2 Å². The van der Waals surface area contributed by atoms with Crippen LogP contribution in [0.1, 0.15) is 19.8 Å². The van der Waals surface area contributed by atoms with Crippen molar-refractivity contribution in [3.8, 4) is 0 Å². The predicted molar refractivity (Wildman–Crippen MR) is 75.2 cm³/mol. The highest BCUT2D eigenvalue weighted by Crippen LogP contribution is 2.26. The SMILES string of the molecule is CCCNC(=O)C1CC(=O)N(c2ccc(Cl)cc2)C1. The van der Waals surface area contributed by atoms with Gasteiger partial charge < -0.3 is 10.2 Å². The summed E-state index contributed by atoms with van der Waals surface area (Å²) in [5.74, 6) is -0.305. The van der Waals surface area contributed by atoms with Crippen molar-refractivity contribution in [2.75, 3.05) is 18.0 Å². The Bertz CT molecular complexity index is 473. The molecule has 2 rings (SSSR count). The number of nitrogens with one attached hydrogen (secondary N) is 1. The van der Waals surface area contributed by atoms with Crippen LogP contribution in [0.4, 0.5) is 5.69 Å². The van der Waals surface area contributed by atoms with E-state index >= 15 is 0 Å². The van der Waals surface area contributed by atoms with Crippen molar-refractivity contribution in [1.29, 1.82) is 0 Å². The molecule has 1 aliphatic heterocycles. The first kappa shape index (κ1) is 13.9. The highest BCUT2D eigenvalue weighted by molar-refractivity contribution is 6.30. The number of rotatable bonds is 4. The zero-order valence-corrected chi connectivity index (χ0v) is 11.6. The lowest BCUT2D eigenvalue weighted by atomic mass is 10.1. The van der Waals surface area contributed by atoms with Crippen LogP contribution in [0.2, 0.25) is 5.02 Å². The van der Waals surface area contributed by atoms with Crippen LogP contribution in [-0.2, 0) is 9.59 Å². The van der Waals surface area contributed by atoms with Crippen LogP contribution >= 0.6 is 11.6 Å². The van der Waals surface area contributed by atoms with Crippen LogP contribution < -0.4 is 10.2 Å². The molecule has 1 aromatic rings. The van der Waals surface area contributed by atoms with E-state index in [4.69, 9.17) is 11.6 Å². The van der Waals surface area contributed by atoms with Crippen LogP contribution in [0.15, 0.2) is 24.3 Å². The lowest BCUT2D eigenvalue weighted by Crippen LogP contribution is -2.33. The van der Waals surface area contributed by atoms with Gasteiger partial charge in [0.05, 0.1) is 5.92 Å². The third-order valence-corrected chi connectivity index (χ3v) is 3.44. The van der Waals surface area contributed by atoms with Crippen LogP contribution in [-0.4, -0.2) is 24.9 Å². The van der Waals surface area contributed by atoms with Crippen LogP contribution in [0.5, 0.6) is 0 Å². The van der Waals surface area contributed by atoms with E-state index in [1.54, 1.807) is 29.2 Å². The van der Waals surface area contributed by atoms with Gasteiger partial charge in [-0.15, -0.1) is 0 Å². The summed E-state index contributed by atoms with van der Waals surface area (Å²) in [5, 5.41) is 3.47. The smallest absolute Gasteiger partial charge is 0.227 e. The molecule has 1 aliphatic rings. The molecule has 102 valence electrons. The lowest BCUT2D eigenvalue weighted by molar-refractivity contribution is -0.126. The molecule has 0 radical (unpaired) electrons. The molecule has 1 unspecified atom stereocenters. The number of hydrogen-bond acceptors (Lipinski definition) is 2.